The molecule has 111 valence electrons. The molecule has 1 radical (unpaired) electrons. The summed E-state index contributed by atoms with van der Waals surface area (Å²) in [7, 11) is 4.23. The number of rotatable bonds is 3. The van der Waals surface area contributed by atoms with Crippen LogP contribution >= 0.6 is 11.3 Å². The molecule has 3 rings (SSSR count). The van der Waals surface area contributed by atoms with E-state index < -0.39 is 5.91 Å². The third kappa shape index (κ3) is 2.73. The molecule has 0 bridgehead atoms. The van der Waals surface area contributed by atoms with Gasteiger partial charge >= 0.3 is 0 Å². The van der Waals surface area contributed by atoms with Crippen LogP contribution in [0.15, 0.2) is 12.1 Å². The molecule has 1 aromatic heterocycles. The minimum absolute atomic E-state index is 0.448. The summed E-state index contributed by atoms with van der Waals surface area (Å²) in [6.45, 7) is 2.20. The van der Waals surface area contributed by atoms with Gasteiger partial charge in [0, 0.05) is 19.6 Å². The minimum Gasteiger partial charge on any atom is -0.366 e. The number of nitrogens with two attached hydrogens (primary N) is 1. The number of anilines is 1. The van der Waals surface area contributed by atoms with Crippen molar-refractivity contribution >= 4 is 32.6 Å². The Labute approximate surface area is 128 Å². The van der Waals surface area contributed by atoms with E-state index in [-0.39, 0.29) is 0 Å². The van der Waals surface area contributed by atoms with E-state index in [1.54, 1.807) is 17.4 Å². The second-order valence-electron chi connectivity index (χ2n) is 5.61. The van der Waals surface area contributed by atoms with Crippen LogP contribution in [0.2, 0.25) is 0 Å². The minimum atomic E-state index is -0.450. The van der Waals surface area contributed by atoms with Gasteiger partial charge in [-0.05, 0) is 44.6 Å². The lowest BCUT2D eigenvalue weighted by Crippen LogP contribution is -2.45. The smallest absolute Gasteiger partial charge is 0.250 e. The standard InChI is InChI=1S/C15H19N4OS/c1-18-8-4-5-10(9-18)19(2)15-17-13-11(14(16)20)6-3-7-12(13)21-15/h6-7,10H,4-5,8-9H2,1-2H3,(H2,16,20). The van der Waals surface area contributed by atoms with Crippen molar-refractivity contribution in [2.24, 2.45) is 5.73 Å². The first kappa shape index (κ1) is 14.3. The highest BCUT2D eigenvalue weighted by molar-refractivity contribution is 7.22. The second-order valence-corrected chi connectivity index (χ2v) is 6.62. The van der Waals surface area contributed by atoms with Gasteiger partial charge in [0.25, 0.3) is 5.91 Å². The molecule has 0 saturated carbocycles. The number of fused-ring (bicyclic) bond motifs is 1. The third-order valence-electron chi connectivity index (χ3n) is 4.05. The van der Waals surface area contributed by atoms with Crippen LogP contribution in [0.25, 0.3) is 10.2 Å². The van der Waals surface area contributed by atoms with Crippen LogP contribution in [-0.2, 0) is 0 Å². The number of aromatic nitrogens is 1. The first-order chi connectivity index (χ1) is 10.1. The molecule has 1 fully saturated rings. The summed E-state index contributed by atoms with van der Waals surface area (Å²) >= 11 is 1.59. The summed E-state index contributed by atoms with van der Waals surface area (Å²) in [5.41, 5.74) is 6.55. The van der Waals surface area contributed by atoms with Gasteiger partial charge in [-0.15, -0.1) is 0 Å². The lowest BCUT2D eigenvalue weighted by atomic mass is 10.1. The number of likely N-dealkylation sites (N-methyl/N-ethyl adjacent to an activating group) is 2. The normalized spacial score (nSPS) is 19.8. The highest BCUT2D eigenvalue weighted by Gasteiger charge is 2.24. The molecular formula is C15H19N4OS. The van der Waals surface area contributed by atoms with Gasteiger partial charge in [-0.2, -0.15) is 0 Å². The lowest BCUT2D eigenvalue weighted by Gasteiger charge is -2.35. The van der Waals surface area contributed by atoms with Gasteiger partial charge in [0.2, 0.25) is 0 Å². The van der Waals surface area contributed by atoms with E-state index in [4.69, 9.17) is 5.73 Å². The first-order valence-corrected chi connectivity index (χ1v) is 7.89. The molecule has 0 spiro atoms. The highest BCUT2D eigenvalue weighted by atomic mass is 32.1. The van der Waals surface area contributed by atoms with E-state index >= 15 is 0 Å². The number of carbonyl (C=O) groups is 1. The molecule has 1 unspecified atom stereocenters. The Morgan fingerprint density at radius 2 is 2.38 bits per heavy atom. The number of amides is 1. The Kier molecular flexibility index (Phi) is 3.82. The Morgan fingerprint density at radius 1 is 1.57 bits per heavy atom. The summed E-state index contributed by atoms with van der Waals surface area (Å²) in [5, 5.41) is 0.937. The van der Waals surface area contributed by atoms with Gasteiger partial charge in [0.05, 0.1) is 15.8 Å². The van der Waals surface area contributed by atoms with Gasteiger partial charge in [-0.1, -0.05) is 11.3 Å². The summed E-state index contributed by atoms with van der Waals surface area (Å²) in [6.07, 6.45) is 2.38. The molecule has 1 saturated heterocycles. The number of likely N-dealkylation sites (tertiary alicyclic amines) is 1. The maximum absolute atomic E-state index is 11.5. The number of piperidine rings is 1. The van der Waals surface area contributed by atoms with Crippen molar-refractivity contribution in [2.45, 2.75) is 18.9 Å². The molecule has 2 heterocycles. The van der Waals surface area contributed by atoms with E-state index in [1.807, 2.05) is 6.07 Å². The van der Waals surface area contributed by atoms with Crippen molar-refractivity contribution in [3.8, 4) is 0 Å². The Balaban J connectivity index is 1.93. The van der Waals surface area contributed by atoms with Crippen molar-refractivity contribution in [2.75, 3.05) is 32.1 Å². The second kappa shape index (κ2) is 5.61. The fraction of sp³-hybridized carbons (Fsp3) is 0.467. The fourth-order valence-corrected chi connectivity index (χ4v) is 3.84. The monoisotopic (exact) mass is 303 g/mol. The van der Waals surface area contributed by atoms with Gasteiger partial charge in [0.15, 0.2) is 5.13 Å². The van der Waals surface area contributed by atoms with Gasteiger partial charge < -0.3 is 15.5 Å². The summed E-state index contributed by atoms with van der Waals surface area (Å²) < 4.78 is 0.956. The predicted octanol–water partition coefficient (Wildman–Crippen LogP) is 1.73. The summed E-state index contributed by atoms with van der Waals surface area (Å²) in [6, 6.07) is 6.91. The number of nitrogens with zero attached hydrogens (tertiary/aromatic N) is 3. The zero-order chi connectivity index (χ0) is 15.0. The summed E-state index contributed by atoms with van der Waals surface area (Å²) in [4.78, 5) is 20.7. The number of primary amides is 1. The maximum Gasteiger partial charge on any atom is 0.250 e. The number of thiazole rings is 1. The molecule has 2 N–H and O–H groups in total. The van der Waals surface area contributed by atoms with Crippen molar-refractivity contribution < 1.29 is 4.79 Å². The first-order valence-electron chi connectivity index (χ1n) is 7.08. The van der Waals surface area contributed by atoms with Crippen LogP contribution in [-0.4, -0.2) is 49.0 Å². The van der Waals surface area contributed by atoms with Crippen LogP contribution < -0.4 is 10.6 Å². The van der Waals surface area contributed by atoms with Crippen molar-refractivity contribution in [1.82, 2.24) is 9.88 Å². The Hall–Kier alpha value is -1.66. The number of hydrogen-bond donors (Lipinski definition) is 1. The van der Waals surface area contributed by atoms with Crippen LogP contribution in [0.1, 0.15) is 23.2 Å². The van der Waals surface area contributed by atoms with Crippen LogP contribution in [0.3, 0.4) is 0 Å². The molecule has 1 aromatic carbocycles. The fourth-order valence-electron chi connectivity index (χ4n) is 2.83. The Bertz CT molecular complexity index is 669. The van der Waals surface area contributed by atoms with E-state index in [0.717, 1.165) is 22.9 Å². The Morgan fingerprint density at radius 3 is 3.10 bits per heavy atom. The number of hydrogen-bond acceptors (Lipinski definition) is 5. The van der Waals surface area contributed by atoms with Gasteiger partial charge in [-0.3, -0.25) is 4.79 Å². The highest BCUT2D eigenvalue weighted by Crippen LogP contribution is 2.32. The molecule has 6 heteroatoms. The summed E-state index contributed by atoms with van der Waals surface area (Å²) in [5.74, 6) is -0.450. The quantitative estimate of drug-likeness (QED) is 0.938. The average molecular weight is 303 g/mol. The molecule has 1 aliphatic rings. The van der Waals surface area contributed by atoms with Gasteiger partial charge in [0.1, 0.15) is 0 Å². The van der Waals surface area contributed by atoms with Gasteiger partial charge in [-0.25, -0.2) is 4.98 Å². The molecule has 0 aliphatic carbocycles. The molecule has 1 atom stereocenters. The zero-order valence-electron chi connectivity index (χ0n) is 12.3. The third-order valence-corrected chi connectivity index (χ3v) is 5.15. The SMILES string of the molecule is CN1CCCC(N(C)c2nc3c(C(N)=O)c[c]cc3s2)C1. The molecule has 5 nitrogen and oxygen atoms in total. The van der Waals surface area contributed by atoms with Crippen LogP contribution in [0.5, 0.6) is 0 Å². The van der Waals surface area contributed by atoms with Crippen molar-refractivity contribution in [3.05, 3.63) is 23.8 Å². The maximum atomic E-state index is 11.5. The van der Waals surface area contributed by atoms with Crippen LogP contribution in [0.4, 0.5) is 5.13 Å². The molecule has 2 aromatic rings. The van der Waals surface area contributed by atoms with E-state index in [0.29, 0.717) is 17.1 Å². The largest absolute Gasteiger partial charge is 0.366 e. The van der Waals surface area contributed by atoms with E-state index in [2.05, 4.69) is 34.9 Å². The predicted molar refractivity (Wildman–Crippen MR) is 85.9 cm³/mol. The molecule has 21 heavy (non-hydrogen) atoms. The lowest BCUT2D eigenvalue weighted by molar-refractivity contribution is 0.100. The van der Waals surface area contributed by atoms with Crippen molar-refractivity contribution in [3.63, 3.8) is 0 Å². The average Bonchev–Trinajstić information content (AvgIpc) is 2.89. The molecular weight excluding hydrogens is 284 g/mol. The van der Waals surface area contributed by atoms with Crippen molar-refractivity contribution in [1.29, 1.82) is 0 Å². The van der Waals surface area contributed by atoms with Crippen LogP contribution in [0, 0.1) is 6.07 Å². The molecule has 1 amide bonds. The number of carbonyl (C=O) groups excluding carboxylic acids is 1. The molecule has 1 aliphatic heterocycles. The van der Waals surface area contributed by atoms with E-state index in [1.165, 1.54) is 12.8 Å². The topological polar surface area (TPSA) is 62.5 Å². The zero-order valence-corrected chi connectivity index (χ0v) is 13.1. The number of benzene rings is 1. The van der Waals surface area contributed by atoms with E-state index in [9.17, 15) is 4.79 Å².